The summed E-state index contributed by atoms with van der Waals surface area (Å²) in [5.41, 5.74) is 2.91. The van der Waals surface area contributed by atoms with Crippen LogP contribution in [0.15, 0.2) is 49.4 Å². The minimum atomic E-state index is -0.101. The molecule has 4 nitrogen and oxygen atoms in total. The average molecular weight is 292 g/mol. The van der Waals surface area contributed by atoms with Crippen molar-refractivity contribution in [3.63, 3.8) is 0 Å². The highest BCUT2D eigenvalue weighted by Gasteiger charge is 2.14. The molecule has 0 radical (unpaired) electrons. The molecule has 0 aliphatic rings. The number of carbonyl (C=O) groups is 1. The summed E-state index contributed by atoms with van der Waals surface area (Å²) in [6.07, 6.45) is 3.10. The molecule has 0 aliphatic heterocycles. The fourth-order valence-electron chi connectivity index (χ4n) is 2.59. The second-order valence-corrected chi connectivity index (χ2v) is 5.14. The van der Waals surface area contributed by atoms with Gasteiger partial charge in [-0.25, -0.2) is 4.98 Å². The highest BCUT2D eigenvalue weighted by atomic mass is 16.5. The Kier molecular flexibility index (Phi) is 3.51. The number of ketones is 1. The number of nitrogens with one attached hydrogen (secondary N) is 1. The SMILES string of the molecule is C=C(C)c1c(OC)ccc2cc(C(=O)c3c[nH]cn3)ccc12. The van der Waals surface area contributed by atoms with Gasteiger partial charge in [0.2, 0.25) is 5.78 Å². The molecule has 1 aromatic heterocycles. The number of H-pyrrole nitrogens is 1. The Hall–Kier alpha value is -2.88. The Morgan fingerprint density at radius 3 is 2.73 bits per heavy atom. The largest absolute Gasteiger partial charge is 0.496 e. The van der Waals surface area contributed by atoms with Crippen molar-refractivity contribution < 1.29 is 9.53 Å². The number of nitrogens with zero attached hydrogens (tertiary/aromatic N) is 1. The average Bonchev–Trinajstić information content (AvgIpc) is 3.06. The minimum absolute atomic E-state index is 0.101. The molecule has 2 aromatic carbocycles. The van der Waals surface area contributed by atoms with E-state index in [9.17, 15) is 4.79 Å². The number of allylic oxidation sites excluding steroid dienone is 1. The number of fused-ring (bicyclic) bond motifs is 1. The molecule has 110 valence electrons. The lowest BCUT2D eigenvalue weighted by atomic mass is 9.96. The van der Waals surface area contributed by atoms with Gasteiger partial charge in [0.25, 0.3) is 0 Å². The standard InChI is InChI=1S/C18H16N2O2/c1-11(2)17-14-6-4-13(18(21)15-9-19-10-20-15)8-12(14)5-7-16(17)22-3/h4-10H,1H2,2-3H3,(H,19,20). The van der Waals surface area contributed by atoms with Crippen molar-refractivity contribution >= 4 is 22.1 Å². The maximum Gasteiger partial charge on any atom is 0.212 e. The smallest absolute Gasteiger partial charge is 0.212 e. The molecule has 0 saturated carbocycles. The molecule has 0 spiro atoms. The van der Waals surface area contributed by atoms with Gasteiger partial charge in [0.15, 0.2) is 0 Å². The molecule has 3 rings (SSSR count). The first kappa shape index (κ1) is 14.1. The van der Waals surface area contributed by atoms with Gasteiger partial charge in [-0.15, -0.1) is 0 Å². The highest BCUT2D eigenvalue weighted by molar-refractivity contribution is 6.10. The summed E-state index contributed by atoms with van der Waals surface area (Å²) in [5.74, 6) is 0.683. The van der Waals surface area contributed by atoms with Crippen molar-refractivity contribution in [1.82, 2.24) is 9.97 Å². The maximum atomic E-state index is 12.4. The molecule has 4 heteroatoms. The zero-order valence-electron chi connectivity index (χ0n) is 12.5. The molecule has 0 aliphatic carbocycles. The van der Waals surface area contributed by atoms with Crippen molar-refractivity contribution in [1.29, 1.82) is 0 Å². The van der Waals surface area contributed by atoms with Crippen molar-refractivity contribution in [2.24, 2.45) is 0 Å². The van der Waals surface area contributed by atoms with Crippen LogP contribution in [0.2, 0.25) is 0 Å². The highest BCUT2D eigenvalue weighted by Crippen LogP contribution is 2.33. The van der Waals surface area contributed by atoms with E-state index in [1.54, 1.807) is 13.3 Å². The number of rotatable bonds is 4. The number of ether oxygens (including phenoxy) is 1. The quantitative estimate of drug-likeness (QED) is 0.743. The monoisotopic (exact) mass is 292 g/mol. The molecule has 0 amide bonds. The molecular formula is C18H16N2O2. The lowest BCUT2D eigenvalue weighted by Crippen LogP contribution is -2.01. The lowest BCUT2D eigenvalue weighted by Gasteiger charge is -2.12. The van der Waals surface area contributed by atoms with Crippen LogP contribution in [0.4, 0.5) is 0 Å². The summed E-state index contributed by atoms with van der Waals surface area (Å²) in [6, 6.07) is 9.46. The number of hydrogen-bond donors (Lipinski definition) is 1. The Morgan fingerprint density at radius 1 is 1.27 bits per heavy atom. The van der Waals surface area contributed by atoms with Crippen LogP contribution < -0.4 is 4.74 Å². The van der Waals surface area contributed by atoms with Gasteiger partial charge in [-0.3, -0.25) is 4.79 Å². The van der Waals surface area contributed by atoms with Crippen LogP contribution >= 0.6 is 0 Å². The van der Waals surface area contributed by atoms with Crippen molar-refractivity contribution in [3.8, 4) is 5.75 Å². The second-order valence-electron chi connectivity index (χ2n) is 5.14. The third kappa shape index (κ3) is 2.29. The Morgan fingerprint density at radius 2 is 2.09 bits per heavy atom. The fourth-order valence-corrected chi connectivity index (χ4v) is 2.59. The molecule has 0 fully saturated rings. The van der Waals surface area contributed by atoms with Gasteiger partial charge in [0.1, 0.15) is 11.4 Å². The van der Waals surface area contributed by atoms with E-state index in [0.717, 1.165) is 27.7 Å². The predicted molar refractivity (Wildman–Crippen MR) is 87.2 cm³/mol. The van der Waals surface area contributed by atoms with Crippen LogP contribution in [0.5, 0.6) is 5.75 Å². The van der Waals surface area contributed by atoms with E-state index in [-0.39, 0.29) is 5.78 Å². The van der Waals surface area contributed by atoms with E-state index < -0.39 is 0 Å². The van der Waals surface area contributed by atoms with Crippen LogP contribution in [-0.4, -0.2) is 22.9 Å². The van der Waals surface area contributed by atoms with Gasteiger partial charge < -0.3 is 9.72 Å². The molecule has 1 heterocycles. The first-order chi connectivity index (χ1) is 10.6. The number of carbonyl (C=O) groups excluding carboxylic acids is 1. The van der Waals surface area contributed by atoms with Crippen molar-refractivity contribution in [2.75, 3.05) is 7.11 Å². The van der Waals surface area contributed by atoms with E-state index in [1.165, 1.54) is 6.33 Å². The first-order valence-electron chi connectivity index (χ1n) is 6.92. The molecule has 3 aromatic rings. The van der Waals surface area contributed by atoms with Gasteiger partial charge in [0, 0.05) is 17.3 Å². The van der Waals surface area contributed by atoms with E-state index in [4.69, 9.17) is 4.74 Å². The molecule has 1 N–H and O–H groups in total. The lowest BCUT2D eigenvalue weighted by molar-refractivity contribution is 0.103. The van der Waals surface area contributed by atoms with Gasteiger partial charge in [-0.2, -0.15) is 0 Å². The fraction of sp³-hybridized carbons (Fsp3) is 0.111. The zero-order chi connectivity index (χ0) is 15.7. The van der Waals surface area contributed by atoms with E-state index >= 15 is 0 Å². The normalized spacial score (nSPS) is 10.6. The molecule has 22 heavy (non-hydrogen) atoms. The number of imidazole rings is 1. The predicted octanol–water partition coefficient (Wildman–Crippen LogP) is 3.84. The summed E-state index contributed by atoms with van der Waals surface area (Å²) >= 11 is 0. The topological polar surface area (TPSA) is 55.0 Å². The molecule has 0 saturated heterocycles. The summed E-state index contributed by atoms with van der Waals surface area (Å²) in [7, 11) is 1.64. The van der Waals surface area contributed by atoms with E-state index in [0.29, 0.717) is 11.3 Å². The van der Waals surface area contributed by atoms with Crippen LogP contribution in [0.3, 0.4) is 0 Å². The molecular weight excluding hydrogens is 276 g/mol. The Labute approximate surface area is 128 Å². The summed E-state index contributed by atoms with van der Waals surface area (Å²) in [6.45, 7) is 5.97. The first-order valence-corrected chi connectivity index (χ1v) is 6.92. The Balaban J connectivity index is 2.16. The number of hydrogen-bond acceptors (Lipinski definition) is 3. The number of aromatic nitrogens is 2. The summed E-state index contributed by atoms with van der Waals surface area (Å²) in [5, 5.41) is 1.99. The van der Waals surface area contributed by atoms with Gasteiger partial charge in [-0.1, -0.05) is 24.8 Å². The summed E-state index contributed by atoms with van der Waals surface area (Å²) in [4.78, 5) is 19.2. The minimum Gasteiger partial charge on any atom is -0.496 e. The van der Waals surface area contributed by atoms with Crippen molar-refractivity contribution in [2.45, 2.75) is 6.92 Å². The Bertz CT molecular complexity index is 864. The van der Waals surface area contributed by atoms with Crippen LogP contribution in [0, 0.1) is 0 Å². The van der Waals surface area contributed by atoms with Crippen molar-refractivity contribution in [3.05, 3.63) is 66.3 Å². The summed E-state index contributed by atoms with van der Waals surface area (Å²) < 4.78 is 5.41. The second kappa shape index (κ2) is 5.48. The van der Waals surface area contributed by atoms with Crippen LogP contribution in [-0.2, 0) is 0 Å². The molecule has 0 unspecified atom stereocenters. The van der Waals surface area contributed by atoms with Gasteiger partial charge in [0.05, 0.1) is 13.4 Å². The maximum absolute atomic E-state index is 12.4. The zero-order valence-corrected chi connectivity index (χ0v) is 12.5. The van der Waals surface area contributed by atoms with Crippen LogP contribution in [0.1, 0.15) is 28.5 Å². The van der Waals surface area contributed by atoms with Gasteiger partial charge >= 0.3 is 0 Å². The van der Waals surface area contributed by atoms with E-state index in [1.807, 2.05) is 37.3 Å². The van der Waals surface area contributed by atoms with Gasteiger partial charge in [-0.05, 0) is 35.4 Å². The third-order valence-corrected chi connectivity index (χ3v) is 3.62. The number of aromatic amines is 1. The third-order valence-electron chi connectivity index (χ3n) is 3.62. The molecule has 0 bridgehead atoms. The number of benzene rings is 2. The van der Waals surface area contributed by atoms with E-state index in [2.05, 4.69) is 16.5 Å². The molecule has 0 atom stereocenters. The van der Waals surface area contributed by atoms with Crippen LogP contribution in [0.25, 0.3) is 16.3 Å². The number of methoxy groups -OCH3 is 1.